The van der Waals surface area contributed by atoms with Crippen LogP contribution < -0.4 is 10.2 Å². The maximum atomic E-state index is 12.6. The third kappa shape index (κ3) is 5.03. The van der Waals surface area contributed by atoms with Crippen molar-refractivity contribution in [3.05, 3.63) is 65.2 Å². The second kappa shape index (κ2) is 8.94. The molecule has 3 rings (SSSR count). The van der Waals surface area contributed by atoms with Crippen LogP contribution in [-0.2, 0) is 6.42 Å². The van der Waals surface area contributed by atoms with Crippen LogP contribution in [0.1, 0.15) is 30.0 Å². The molecule has 1 saturated heterocycles. The van der Waals surface area contributed by atoms with Crippen molar-refractivity contribution in [3.8, 4) is 0 Å². The SMILES string of the molecule is Cc1cccc(N2CCN(C(=O)NC(C)CCc3ccccc3)CC2)c1C. The summed E-state index contributed by atoms with van der Waals surface area (Å²) in [5, 5.41) is 3.16. The van der Waals surface area contributed by atoms with E-state index in [-0.39, 0.29) is 12.1 Å². The predicted molar refractivity (Wildman–Crippen MR) is 112 cm³/mol. The molecule has 0 bridgehead atoms. The van der Waals surface area contributed by atoms with Gasteiger partial charge in [-0.05, 0) is 56.4 Å². The van der Waals surface area contributed by atoms with Crippen molar-refractivity contribution in [2.45, 2.75) is 39.7 Å². The van der Waals surface area contributed by atoms with Crippen LogP contribution in [0.3, 0.4) is 0 Å². The number of anilines is 1. The Morgan fingerprint density at radius 1 is 1.00 bits per heavy atom. The molecule has 4 nitrogen and oxygen atoms in total. The average molecular weight is 366 g/mol. The zero-order valence-electron chi connectivity index (χ0n) is 16.7. The summed E-state index contributed by atoms with van der Waals surface area (Å²) in [6.45, 7) is 9.73. The fraction of sp³-hybridized carbons (Fsp3) is 0.435. The third-order valence-electron chi connectivity index (χ3n) is 5.56. The van der Waals surface area contributed by atoms with E-state index in [0.717, 1.165) is 39.0 Å². The highest BCUT2D eigenvalue weighted by molar-refractivity contribution is 5.75. The number of urea groups is 1. The number of carbonyl (C=O) groups is 1. The molecule has 1 aliphatic heterocycles. The summed E-state index contributed by atoms with van der Waals surface area (Å²) in [4.78, 5) is 16.9. The summed E-state index contributed by atoms with van der Waals surface area (Å²) >= 11 is 0. The normalized spacial score (nSPS) is 15.5. The summed E-state index contributed by atoms with van der Waals surface area (Å²) in [5.74, 6) is 0. The summed E-state index contributed by atoms with van der Waals surface area (Å²) < 4.78 is 0. The van der Waals surface area contributed by atoms with E-state index >= 15 is 0 Å². The molecule has 2 aromatic rings. The maximum absolute atomic E-state index is 12.6. The van der Waals surface area contributed by atoms with Gasteiger partial charge in [-0.25, -0.2) is 4.79 Å². The van der Waals surface area contributed by atoms with Gasteiger partial charge >= 0.3 is 6.03 Å². The first-order valence-corrected chi connectivity index (χ1v) is 9.95. The van der Waals surface area contributed by atoms with Gasteiger partial charge in [0.15, 0.2) is 0 Å². The van der Waals surface area contributed by atoms with Crippen molar-refractivity contribution in [3.63, 3.8) is 0 Å². The zero-order valence-corrected chi connectivity index (χ0v) is 16.7. The van der Waals surface area contributed by atoms with E-state index in [2.05, 4.69) is 73.5 Å². The van der Waals surface area contributed by atoms with Gasteiger partial charge in [-0.3, -0.25) is 0 Å². The lowest BCUT2D eigenvalue weighted by Gasteiger charge is -2.37. The number of amides is 2. The fourth-order valence-corrected chi connectivity index (χ4v) is 3.63. The number of benzene rings is 2. The van der Waals surface area contributed by atoms with E-state index in [1.807, 2.05) is 11.0 Å². The van der Waals surface area contributed by atoms with Gasteiger partial charge in [0, 0.05) is 37.9 Å². The van der Waals surface area contributed by atoms with E-state index in [0.29, 0.717) is 0 Å². The van der Waals surface area contributed by atoms with Crippen LogP contribution in [0.5, 0.6) is 0 Å². The number of carbonyl (C=O) groups excluding carboxylic acids is 1. The van der Waals surface area contributed by atoms with Gasteiger partial charge in [-0.15, -0.1) is 0 Å². The second-order valence-corrected chi connectivity index (χ2v) is 7.57. The molecular formula is C23H31N3O. The molecule has 1 fully saturated rings. The minimum atomic E-state index is 0.0659. The Kier molecular flexibility index (Phi) is 6.38. The highest BCUT2D eigenvalue weighted by atomic mass is 16.2. The second-order valence-electron chi connectivity index (χ2n) is 7.57. The Balaban J connectivity index is 1.46. The number of nitrogens with one attached hydrogen (secondary N) is 1. The standard InChI is InChI=1S/C23H31N3O/c1-18-8-7-11-22(20(18)3)25-14-16-26(17-15-25)23(27)24-19(2)12-13-21-9-5-4-6-10-21/h4-11,19H,12-17H2,1-3H3,(H,24,27). The largest absolute Gasteiger partial charge is 0.368 e. The van der Waals surface area contributed by atoms with E-state index in [1.54, 1.807) is 0 Å². The van der Waals surface area contributed by atoms with Crippen LogP contribution >= 0.6 is 0 Å². The molecule has 0 spiro atoms. The Bertz CT molecular complexity index is 751. The lowest BCUT2D eigenvalue weighted by atomic mass is 10.1. The van der Waals surface area contributed by atoms with E-state index in [9.17, 15) is 4.79 Å². The molecule has 2 amide bonds. The molecule has 1 atom stereocenters. The predicted octanol–water partition coefficient (Wildman–Crippen LogP) is 4.16. The molecule has 0 saturated carbocycles. The topological polar surface area (TPSA) is 35.6 Å². The zero-order chi connectivity index (χ0) is 19.2. The van der Waals surface area contributed by atoms with Crippen LogP contribution in [0.2, 0.25) is 0 Å². The lowest BCUT2D eigenvalue weighted by molar-refractivity contribution is 0.190. The van der Waals surface area contributed by atoms with E-state index in [1.165, 1.54) is 22.4 Å². The van der Waals surface area contributed by atoms with Crippen LogP contribution in [0.4, 0.5) is 10.5 Å². The average Bonchev–Trinajstić information content (AvgIpc) is 2.69. The molecule has 1 heterocycles. The Morgan fingerprint density at radius 3 is 2.41 bits per heavy atom. The summed E-state index contributed by atoms with van der Waals surface area (Å²) in [6, 6.07) is 17.1. The van der Waals surface area contributed by atoms with E-state index in [4.69, 9.17) is 0 Å². The Labute approximate surface area is 163 Å². The van der Waals surface area contributed by atoms with Gasteiger partial charge in [0.1, 0.15) is 0 Å². The molecule has 4 heteroatoms. The van der Waals surface area contributed by atoms with Gasteiger partial charge in [-0.2, -0.15) is 0 Å². The monoisotopic (exact) mass is 365 g/mol. The third-order valence-corrected chi connectivity index (χ3v) is 5.56. The first kappa shape index (κ1) is 19.3. The van der Waals surface area contributed by atoms with Crippen LogP contribution in [0, 0.1) is 13.8 Å². The number of hydrogen-bond donors (Lipinski definition) is 1. The molecule has 1 N–H and O–H groups in total. The first-order valence-electron chi connectivity index (χ1n) is 9.95. The highest BCUT2D eigenvalue weighted by Crippen LogP contribution is 2.23. The van der Waals surface area contributed by atoms with Crippen molar-refractivity contribution >= 4 is 11.7 Å². The number of piperazine rings is 1. The fourth-order valence-electron chi connectivity index (χ4n) is 3.63. The minimum absolute atomic E-state index is 0.0659. The first-order chi connectivity index (χ1) is 13.0. The van der Waals surface area contributed by atoms with Crippen molar-refractivity contribution < 1.29 is 4.79 Å². The minimum Gasteiger partial charge on any atom is -0.368 e. The Hall–Kier alpha value is -2.49. The van der Waals surface area contributed by atoms with Crippen LogP contribution in [-0.4, -0.2) is 43.2 Å². The quantitative estimate of drug-likeness (QED) is 0.864. The highest BCUT2D eigenvalue weighted by Gasteiger charge is 2.23. The molecular weight excluding hydrogens is 334 g/mol. The lowest BCUT2D eigenvalue weighted by Crippen LogP contribution is -2.53. The van der Waals surface area contributed by atoms with Crippen LogP contribution in [0.15, 0.2) is 48.5 Å². The molecule has 1 aliphatic rings. The summed E-state index contributed by atoms with van der Waals surface area (Å²) in [5.41, 5.74) is 5.27. The summed E-state index contributed by atoms with van der Waals surface area (Å²) in [7, 11) is 0. The maximum Gasteiger partial charge on any atom is 0.317 e. The Morgan fingerprint density at radius 2 is 1.70 bits per heavy atom. The number of hydrogen-bond acceptors (Lipinski definition) is 2. The van der Waals surface area contributed by atoms with Crippen LogP contribution in [0.25, 0.3) is 0 Å². The van der Waals surface area contributed by atoms with Crippen molar-refractivity contribution in [2.75, 3.05) is 31.1 Å². The molecule has 0 radical (unpaired) electrons. The van der Waals surface area contributed by atoms with Crippen molar-refractivity contribution in [1.29, 1.82) is 0 Å². The molecule has 1 unspecified atom stereocenters. The number of rotatable bonds is 5. The number of aryl methyl sites for hydroxylation is 2. The van der Waals surface area contributed by atoms with Gasteiger partial charge < -0.3 is 15.1 Å². The molecule has 144 valence electrons. The van der Waals surface area contributed by atoms with Gasteiger partial charge in [0.25, 0.3) is 0 Å². The van der Waals surface area contributed by atoms with Gasteiger partial charge in [0.2, 0.25) is 0 Å². The molecule has 2 aromatic carbocycles. The van der Waals surface area contributed by atoms with Crippen molar-refractivity contribution in [2.24, 2.45) is 0 Å². The van der Waals surface area contributed by atoms with Gasteiger partial charge in [-0.1, -0.05) is 42.5 Å². The summed E-state index contributed by atoms with van der Waals surface area (Å²) in [6.07, 6.45) is 1.95. The van der Waals surface area contributed by atoms with Crippen molar-refractivity contribution in [1.82, 2.24) is 10.2 Å². The smallest absolute Gasteiger partial charge is 0.317 e. The van der Waals surface area contributed by atoms with Gasteiger partial charge in [0.05, 0.1) is 0 Å². The molecule has 27 heavy (non-hydrogen) atoms. The number of nitrogens with zero attached hydrogens (tertiary/aromatic N) is 2. The molecule has 0 aromatic heterocycles. The molecule has 0 aliphatic carbocycles. The van der Waals surface area contributed by atoms with E-state index < -0.39 is 0 Å².